The number of anilines is 1. The summed E-state index contributed by atoms with van der Waals surface area (Å²) >= 11 is 0. The van der Waals surface area contributed by atoms with Crippen LogP contribution in [0.15, 0.2) is 30.6 Å². The lowest BCUT2D eigenvalue weighted by molar-refractivity contribution is 0.511. The van der Waals surface area contributed by atoms with Crippen molar-refractivity contribution in [3.8, 4) is 0 Å². The zero-order valence-electron chi connectivity index (χ0n) is 12.2. The normalized spacial score (nSPS) is 11.3. The van der Waals surface area contributed by atoms with E-state index in [4.69, 9.17) is 10.7 Å². The first-order valence-electron chi connectivity index (χ1n) is 7.36. The molecule has 0 spiro atoms. The lowest BCUT2D eigenvalue weighted by atomic mass is 10.2. The highest BCUT2D eigenvalue weighted by atomic mass is 15.4. The molecule has 21 heavy (non-hydrogen) atoms. The van der Waals surface area contributed by atoms with Crippen molar-refractivity contribution in [2.45, 2.75) is 39.3 Å². The van der Waals surface area contributed by atoms with E-state index in [0.717, 1.165) is 54.9 Å². The van der Waals surface area contributed by atoms with E-state index in [-0.39, 0.29) is 0 Å². The number of hydrogen-bond acceptors (Lipinski definition) is 4. The fourth-order valence-corrected chi connectivity index (χ4v) is 2.60. The van der Waals surface area contributed by atoms with Crippen LogP contribution in [0.5, 0.6) is 0 Å². The number of nitrogens with two attached hydrogens (primary N) is 1. The van der Waals surface area contributed by atoms with Crippen LogP contribution >= 0.6 is 0 Å². The topological polar surface area (TPSA) is 74.5 Å². The summed E-state index contributed by atoms with van der Waals surface area (Å²) < 4.78 is 4.16. The fourth-order valence-electron chi connectivity index (χ4n) is 2.60. The molecule has 2 heterocycles. The van der Waals surface area contributed by atoms with Crippen LogP contribution in [0.1, 0.15) is 25.6 Å². The highest BCUT2D eigenvalue weighted by molar-refractivity contribution is 5.79. The Morgan fingerprint density at radius 2 is 2.14 bits per heavy atom. The smallest absolute Gasteiger partial charge is 0.109 e. The van der Waals surface area contributed by atoms with Crippen molar-refractivity contribution in [3.05, 3.63) is 36.4 Å². The molecule has 0 saturated carbocycles. The molecule has 0 atom stereocenters. The van der Waals surface area contributed by atoms with Crippen LogP contribution in [0.2, 0.25) is 0 Å². The zero-order chi connectivity index (χ0) is 14.7. The third kappa shape index (κ3) is 2.89. The Hall–Kier alpha value is -2.37. The molecule has 2 aromatic heterocycles. The first-order chi connectivity index (χ1) is 10.3. The molecule has 1 aromatic carbocycles. The third-order valence-electron chi connectivity index (χ3n) is 3.57. The molecule has 6 nitrogen and oxygen atoms in total. The van der Waals surface area contributed by atoms with E-state index in [1.165, 1.54) is 0 Å². The van der Waals surface area contributed by atoms with Gasteiger partial charge in [-0.05, 0) is 31.0 Å². The average Bonchev–Trinajstić information content (AvgIpc) is 3.08. The van der Waals surface area contributed by atoms with Crippen molar-refractivity contribution < 1.29 is 0 Å². The molecule has 2 N–H and O–H groups in total. The monoisotopic (exact) mass is 284 g/mol. The summed E-state index contributed by atoms with van der Waals surface area (Å²) in [6, 6.07) is 5.95. The lowest BCUT2D eigenvalue weighted by Gasteiger charge is -2.08. The van der Waals surface area contributed by atoms with E-state index >= 15 is 0 Å². The van der Waals surface area contributed by atoms with Crippen molar-refractivity contribution in [3.63, 3.8) is 0 Å². The quantitative estimate of drug-likeness (QED) is 0.704. The molecule has 3 aromatic rings. The number of hydrogen-bond donors (Lipinski definition) is 1. The van der Waals surface area contributed by atoms with Gasteiger partial charge in [-0.1, -0.05) is 12.1 Å². The van der Waals surface area contributed by atoms with Gasteiger partial charge in [-0.3, -0.25) is 4.68 Å². The van der Waals surface area contributed by atoms with Crippen molar-refractivity contribution >= 4 is 16.7 Å². The summed E-state index contributed by atoms with van der Waals surface area (Å²) in [6.07, 6.45) is 6.66. The second-order valence-electron chi connectivity index (χ2n) is 5.20. The van der Waals surface area contributed by atoms with Crippen molar-refractivity contribution in [1.29, 1.82) is 0 Å². The van der Waals surface area contributed by atoms with E-state index in [2.05, 4.69) is 27.9 Å². The first-order valence-corrected chi connectivity index (χ1v) is 7.36. The summed E-state index contributed by atoms with van der Waals surface area (Å²) in [5.74, 6) is 1.14. The summed E-state index contributed by atoms with van der Waals surface area (Å²) in [7, 11) is 0. The van der Waals surface area contributed by atoms with Crippen LogP contribution < -0.4 is 5.73 Å². The molecule has 0 radical (unpaired) electrons. The Morgan fingerprint density at radius 1 is 1.24 bits per heavy atom. The standard InChI is InChI=1S/C15H20N6/c1-2-4-15-18-13-11-12(16)5-6-14(13)21(15)9-3-8-20-10-7-17-19-20/h5-7,10-11H,2-4,8-9,16H2,1H3. The molecular weight excluding hydrogens is 264 g/mol. The van der Waals surface area contributed by atoms with Gasteiger partial charge in [-0.25, -0.2) is 4.98 Å². The fraction of sp³-hybridized carbons (Fsp3) is 0.400. The number of aryl methyl sites for hydroxylation is 3. The molecule has 0 saturated heterocycles. The van der Waals surface area contributed by atoms with Crippen molar-refractivity contribution in [2.75, 3.05) is 5.73 Å². The van der Waals surface area contributed by atoms with Crippen LogP contribution in [-0.4, -0.2) is 24.5 Å². The van der Waals surface area contributed by atoms with Crippen LogP contribution in [0.25, 0.3) is 11.0 Å². The second kappa shape index (κ2) is 5.95. The number of rotatable bonds is 6. The number of nitrogens with zero attached hydrogens (tertiary/aromatic N) is 5. The molecule has 0 bridgehead atoms. The SMILES string of the molecule is CCCc1nc2cc(N)ccc2n1CCCn1ccnn1. The zero-order valence-corrected chi connectivity index (χ0v) is 12.2. The Morgan fingerprint density at radius 3 is 2.90 bits per heavy atom. The van der Waals surface area contributed by atoms with E-state index < -0.39 is 0 Å². The minimum atomic E-state index is 0.762. The average molecular weight is 284 g/mol. The number of imidazole rings is 1. The third-order valence-corrected chi connectivity index (χ3v) is 3.57. The van der Waals surface area contributed by atoms with Gasteiger partial charge in [-0.2, -0.15) is 0 Å². The summed E-state index contributed by atoms with van der Waals surface area (Å²) in [5.41, 5.74) is 8.76. The van der Waals surface area contributed by atoms with Gasteiger partial charge >= 0.3 is 0 Å². The van der Waals surface area contributed by atoms with Gasteiger partial charge in [0.25, 0.3) is 0 Å². The predicted molar refractivity (Wildman–Crippen MR) is 82.8 cm³/mol. The molecule has 0 amide bonds. The molecule has 0 aliphatic carbocycles. The van der Waals surface area contributed by atoms with E-state index in [0.29, 0.717) is 0 Å². The van der Waals surface area contributed by atoms with E-state index in [1.807, 2.05) is 23.0 Å². The Kier molecular flexibility index (Phi) is 3.85. The summed E-state index contributed by atoms with van der Waals surface area (Å²) in [4.78, 5) is 4.73. The van der Waals surface area contributed by atoms with Gasteiger partial charge in [-0.15, -0.1) is 5.10 Å². The first kappa shape index (κ1) is 13.6. The number of fused-ring (bicyclic) bond motifs is 1. The summed E-state index contributed by atoms with van der Waals surface area (Å²) in [6.45, 7) is 3.96. The minimum Gasteiger partial charge on any atom is -0.399 e. The molecule has 0 aliphatic heterocycles. The van der Waals surface area contributed by atoms with Crippen LogP contribution in [-0.2, 0) is 19.5 Å². The van der Waals surface area contributed by atoms with E-state index in [9.17, 15) is 0 Å². The van der Waals surface area contributed by atoms with Crippen molar-refractivity contribution in [2.24, 2.45) is 0 Å². The number of aromatic nitrogens is 5. The largest absolute Gasteiger partial charge is 0.399 e. The van der Waals surface area contributed by atoms with Crippen LogP contribution in [0.4, 0.5) is 5.69 Å². The Labute approximate surface area is 123 Å². The second-order valence-corrected chi connectivity index (χ2v) is 5.20. The minimum absolute atomic E-state index is 0.762. The van der Waals surface area contributed by atoms with Gasteiger partial charge in [0.1, 0.15) is 5.82 Å². The van der Waals surface area contributed by atoms with Crippen LogP contribution in [0, 0.1) is 0 Å². The number of benzene rings is 1. The molecular formula is C15H20N6. The van der Waals surface area contributed by atoms with Gasteiger partial charge in [0.15, 0.2) is 0 Å². The maximum Gasteiger partial charge on any atom is 0.109 e. The number of nitrogen functional groups attached to an aromatic ring is 1. The molecule has 6 heteroatoms. The van der Waals surface area contributed by atoms with Gasteiger partial charge < -0.3 is 10.3 Å². The maximum absolute atomic E-state index is 5.85. The summed E-state index contributed by atoms with van der Waals surface area (Å²) in [5, 5.41) is 7.82. The van der Waals surface area contributed by atoms with Crippen molar-refractivity contribution in [1.82, 2.24) is 24.5 Å². The molecule has 110 valence electrons. The molecule has 0 fully saturated rings. The Bertz CT molecular complexity index is 713. The lowest BCUT2D eigenvalue weighted by Crippen LogP contribution is -2.08. The van der Waals surface area contributed by atoms with Gasteiger partial charge in [0, 0.05) is 31.4 Å². The molecule has 0 aliphatic rings. The van der Waals surface area contributed by atoms with Crippen LogP contribution in [0.3, 0.4) is 0 Å². The maximum atomic E-state index is 5.85. The molecule has 3 rings (SSSR count). The van der Waals surface area contributed by atoms with E-state index in [1.54, 1.807) is 6.20 Å². The Balaban J connectivity index is 1.82. The van der Waals surface area contributed by atoms with Gasteiger partial charge in [0.05, 0.1) is 17.2 Å². The highest BCUT2D eigenvalue weighted by Crippen LogP contribution is 2.20. The van der Waals surface area contributed by atoms with Gasteiger partial charge in [0.2, 0.25) is 0 Å². The highest BCUT2D eigenvalue weighted by Gasteiger charge is 2.10. The predicted octanol–water partition coefficient (Wildman–Crippen LogP) is 2.25. The molecule has 0 unspecified atom stereocenters.